The van der Waals surface area contributed by atoms with E-state index >= 15 is 0 Å². The quantitative estimate of drug-likeness (QED) is 0.823. The molecule has 1 aromatic heterocycles. The fourth-order valence-electron chi connectivity index (χ4n) is 3.20. The van der Waals surface area contributed by atoms with E-state index in [0.717, 1.165) is 38.8 Å². The number of fused-ring (bicyclic) bond motifs is 1. The lowest BCUT2D eigenvalue weighted by molar-refractivity contribution is 0.0137. The number of nitrogens with zero attached hydrogens (tertiary/aromatic N) is 2. The maximum atomic E-state index is 6.15. The first-order valence-electron chi connectivity index (χ1n) is 7.22. The van der Waals surface area contributed by atoms with E-state index < -0.39 is 0 Å². The first-order chi connectivity index (χ1) is 9.40. The van der Waals surface area contributed by atoms with Crippen molar-refractivity contribution in [1.29, 1.82) is 0 Å². The van der Waals surface area contributed by atoms with Crippen LogP contribution in [0.1, 0.15) is 17.8 Å². The maximum absolute atomic E-state index is 6.15. The molecular formula is C14H20N2O2S. The average molecular weight is 280 g/mol. The first kappa shape index (κ1) is 12.3. The van der Waals surface area contributed by atoms with Crippen molar-refractivity contribution in [2.75, 3.05) is 26.4 Å². The van der Waals surface area contributed by atoms with Crippen LogP contribution in [0.4, 0.5) is 0 Å². The summed E-state index contributed by atoms with van der Waals surface area (Å²) in [5.41, 5.74) is 0. The Morgan fingerprint density at radius 1 is 1.42 bits per heavy atom. The SMILES string of the molecule is c1csc(CN2C[C@H](OCC3CC3)[C@H]3COC[C@H]32)n1. The van der Waals surface area contributed by atoms with Gasteiger partial charge in [0.1, 0.15) is 5.01 Å². The van der Waals surface area contributed by atoms with Crippen molar-refractivity contribution in [2.24, 2.45) is 11.8 Å². The predicted octanol–water partition coefficient (Wildman–Crippen LogP) is 1.77. The Kier molecular flexibility index (Phi) is 3.31. The molecule has 0 spiro atoms. The highest BCUT2D eigenvalue weighted by Crippen LogP contribution is 2.35. The summed E-state index contributed by atoms with van der Waals surface area (Å²) in [5.74, 6) is 1.41. The van der Waals surface area contributed by atoms with Gasteiger partial charge in [0.2, 0.25) is 0 Å². The second-order valence-electron chi connectivity index (χ2n) is 5.94. The second-order valence-corrected chi connectivity index (χ2v) is 6.92. The summed E-state index contributed by atoms with van der Waals surface area (Å²) in [4.78, 5) is 6.91. The molecule has 4 nitrogen and oxygen atoms in total. The zero-order valence-electron chi connectivity index (χ0n) is 11.0. The normalized spacial score (nSPS) is 34.8. The van der Waals surface area contributed by atoms with Crippen molar-refractivity contribution in [3.63, 3.8) is 0 Å². The van der Waals surface area contributed by atoms with Gasteiger partial charge in [-0.3, -0.25) is 4.90 Å². The van der Waals surface area contributed by atoms with Crippen molar-refractivity contribution in [1.82, 2.24) is 9.88 Å². The van der Waals surface area contributed by atoms with Crippen LogP contribution in [-0.2, 0) is 16.0 Å². The number of ether oxygens (including phenoxy) is 2. The number of hydrogen-bond donors (Lipinski definition) is 0. The minimum Gasteiger partial charge on any atom is -0.379 e. The molecule has 0 bridgehead atoms. The summed E-state index contributed by atoms with van der Waals surface area (Å²) in [6.07, 6.45) is 4.98. The van der Waals surface area contributed by atoms with Crippen molar-refractivity contribution >= 4 is 11.3 Å². The van der Waals surface area contributed by atoms with E-state index in [1.807, 2.05) is 6.20 Å². The van der Waals surface area contributed by atoms with Crippen molar-refractivity contribution in [3.05, 3.63) is 16.6 Å². The predicted molar refractivity (Wildman–Crippen MR) is 73.1 cm³/mol. The minimum atomic E-state index is 0.369. The third-order valence-electron chi connectivity index (χ3n) is 4.52. The third-order valence-corrected chi connectivity index (χ3v) is 5.28. The summed E-state index contributed by atoms with van der Waals surface area (Å²) in [5, 5.41) is 3.25. The highest BCUT2D eigenvalue weighted by Gasteiger charge is 2.46. The molecule has 1 aliphatic carbocycles. The molecule has 5 heteroatoms. The highest BCUT2D eigenvalue weighted by molar-refractivity contribution is 7.09. The lowest BCUT2D eigenvalue weighted by Gasteiger charge is -2.20. The van der Waals surface area contributed by atoms with E-state index in [9.17, 15) is 0 Å². The van der Waals surface area contributed by atoms with E-state index in [0.29, 0.717) is 18.1 Å². The van der Waals surface area contributed by atoms with Gasteiger partial charge in [0.15, 0.2) is 0 Å². The maximum Gasteiger partial charge on any atom is 0.107 e. The van der Waals surface area contributed by atoms with Gasteiger partial charge < -0.3 is 9.47 Å². The van der Waals surface area contributed by atoms with E-state index in [1.165, 1.54) is 17.8 Å². The molecule has 0 radical (unpaired) electrons. The van der Waals surface area contributed by atoms with Crippen LogP contribution in [0.5, 0.6) is 0 Å². The van der Waals surface area contributed by atoms with Crippen molar-refractivity contribution in [2.45, 2.75) is 31.5 Å². The first-order valence-corrected chi connectivity index (χ1v) is 8.10. The van der Waals surface area contributed by atoms with Gasteiger partial charge in [-0.15, -0.1) is 11.3 Å². The van der Waals surface area contributed by atoms with E-state index in [2.05, 4.69) is 15.3 Å². The summed E-state index contributed by atoms with van der Waals surface area (Å²) < 4.78 is 11.8. The molecule has 3 aliphatic rings. The number of aromatic nitrogens is 1. The lowest BCUT2D eigenvalue weighted by atomic mass is 10.0. The molecule has 1 saturated carbocycles. The highest BCUT2D eigenvalue weighted by atomic mass is 32.1. The van der Waals surface area contributed by atoms with Crippen LogP contribution in [0.15, 0.2) is 11.6 Å². The molecule has 19 heavy (non-hydrogen) atoms. The Morgan fingerprint density at radius 2 is 2.37 bits per heavy atom. The molecular weight excluding hydrogens is 260 g/mol. The molecule has 104 valence electrons. The zero-order chi connectivity index (χ0) is 12.7. The van der Waals surface area contributed by atoms with E-state index in [1.54, 1.807) is 11.3 Å². The van der Waals surface area contributed by atoms with Crippen LogP contribution in [0, 0.1) is 11.8 Å². The standard InChI is InChI=1S/C14H20N2O2S/c1-2-10(1)7-18-13-5-16(6-14-15-3-4-19-14)12-9-17-8-11(12)13/h3-4,10-13H,1-2,5-9H2/t11-,12+,13-/m0/s1. The molecule has 1 aromatic rings. The Morgan fingerprint density at radius 3 is 3.16 bits per heavy atom. The molecule has 0 N–H and O–H groups in total. The minimum absolute atomic E-state index is 0.369. The molecule has 2 aliphatic heterocycles. The summed E-state index contributed by atoms with van der Waals surface area (Å²) in [6.45, 7) is 4.68. The van der Waals surface area contributed by atoms with Crippen LogP contribution < -0.4 is 0 Å². The Bertz CT molecular complexity index is 421. The zero-order valence-corrected chi connectivity index (χ0v) is 11.8. The van der Waals surface area contributed by atoms with Crippen LogP contribution in [0.2, 0.25) is 0 Å². The Balaban J connectivity index is 1.40. The largest absolute Gasteiger partial charge is 0.379 e. The number of likely N-dealkylation sites (tertiary alicyclic amines) is 1. The van der Waals surface area contributed by atoms with Gasteiger partial charge in [0, 0.05) is 36.7 Å². The Hall–Kier alpha value is -0.490. The molecule has 2 saturated heterocycles. The van der Waals surface area contributed by atoms with Gasteiger partial charge in [0.25, 0.3) is 0 Å². The van der Waals surface area contributed by atoms with Gasteiger partial charge in [0.05, 0.1) is 25.9 Å². The third kappa shape index (κ3) is 2.57. The van der Waals surface area contributed by atoms with Gasteiger partial charge in [-0.25, -0.2) is 4.98 Å². The van der Waals surface area contributed by atoms with E-state index in [4.69, 9.17) is 9.47 Å². The molecule has 0 unspecified atom stereocenters. The van der Waals surface area contributed by atoms with E-state index in [-0.39, 0.29) is 0 Å². The van der Waals surface area contributed by atoms with Crippen molar-refractivity contribution in [3.8, 4) is 0 Å². The summed E-state index contributed by atoms with van der Waals surface area (Å²) in [6, 6.07) is 0.535. The van der Waals surface area contributed by atoms with Crippen LogP contribution in [0.25, 0.3) is 0 Å². The van der Waals surface area contributed by atoms with Crippen LogP contribution in [-0.4, -0.2) is 48.4 Å². The summed E-state index contributed by atoms with van der Waals surface area (Å²) in [7, 11) is 0. The second kappa shape index (κ2) is 5.13. The van der Waals surface area contributed by atoms with Gasteiger partial charge in [-0.1, -0.05) is 0 Å². The fourth-order valence-corrected chi connectivity index (χ4v) is 3.84. The number of hydrogen-bond acceptors (Lipinski definition) is 5. The lowest BCUT2D eigenvalue weighted by Crippen LogP contribution is -2.32. The molecule has 3 atom stereocenters. The monoisotopic (exact) mass is 280 g/mol. The number of rotatable bonds is 5. The topological polar surface area (TPSA) is 34.6 Å². The smallest absolute Gasteiger partial charge is 0.107 e. The van der Waals surface area contributed by atoms with Gasteiger partial charge >= 0.3 is 0 Å². The molecule has 3 fully saturated rings. The Labute approximate surface area is 117 Å². The van der Waals surface area contributed by atoms with Crippen molar-refractivity contribution < 1.29 is 9.47 Å². The fraction of sp³-hybridized carbons (Fsp3) is 0.786. The van der Waals surface area contributed by atoms with Crippen LogP contribution >= 0.6 is 11.3 Å². The van der Waals surface area contributed by atoms with Gasteiger partial charge in [-0.05, 0) is 18.8 Å². The molecule has 0 aromatic carbocycles. The molecule has 4 rings (SSSR count). The average Bonchev–Trinajstić information content (AvgIpc) is 2.82. The van der Waals surface area contributed by atoms with Gasteiger partial charge in [-0.2, -0.15) is 0 Å². The molecule has 0 amide bonds. The van der Waals surface area contributed by atoms with Crippen LogP contribution in [0.3, 0.4) is 0 Å². The molecule has 3 heterocycles. The number of thiazole rings is 1. The summed E-state index contributed by atoms with van der Waals surface area (Å²) >= 11 is 1.74.